The first-order valence-corrected chi connectivity index (χ1v) is 11.5. The van der Waals surface area contributed by atoms with Crippen molar-refractivity contribution in [3.8, 4) is 0 Å². The lowest BCUT2D eigenvalue weighted by Gasteiger charge is -2.28. The maximum absolute atomic E-state index is 13.1. The molecule has 5 atom stereocenters. The van der Waals surface area contributed by atoms with Crippen LogP contribution in [0.3, 0.4) is 0 Å². The van der Waals surface area contributed by atoms with Crippen LogP contribution in [0, 0.1) is 29.6 Å². The third-order valence-corrected chi connectivity index (χ3v) is 7.68. The summed E-state index contributed by atoms with van der Waals surface area (Å²) in [6.45, 7) is 2.69. The predicted molar refractivity (Wildman–Crippen MR) is 114 cm³/mol. The molecule has 0 spiro atoms. The van der Waals surface area contributed by atoms with Crippen LogP contribution in [0.4, 0.5) is 0 Å². The fourth-order valence-electron chi connectivity index (χ4n) is 6.33. The molecule has 2 aromatic heterocycles. The van der Waals surface area contributed by atoms with E-state index in [4.69, 9.17) is 16.3 Å². The number of hydrogen-bond donors (Lipinski definition) is 1. The van der Waals surface area contributed by atoms with Gasteiger partial charge < -0.3 is 10.1 Å². The monoisotopic (exact) mass is 429 g/mol. The fourth-order valence-corrected chi connectivity index (χ4v) is 6.57. The molecule has 7 heteroatoms. The molecule has 2 aromatic rings. The number of fused-ring (bicyclic) bond motifs is 3. The van der Waals surface area contributed by atoms with Gasteiger partial charge in [-0.05, 0) is 87.2 Å². The van der Waals surface area contributed by atoms with Crippen LogP contribution in [-0.4, -0.2) is 34.4 Å². The van der Waals surface area contributed by atoms with E-state index in [9.17, 15) is 9.59 Å². The lowest BCUT2D eigenvalue weighted by atomic mass is 9.78. The number of imidazole rings is 1. The van der Waals surface area contributed by atoms with Crippen LogP contribution < -0.4 is 5.32 Å². The van der Waals surface area contributed by atoms with E-state index >= 15 is 0 Å². The molecule has 0 aliphatic heterocycles. The SMILES string of the molecule is CCOC(=O)c1cn2c(C(=O)NCC3CC4CC5CC(C3)C(C4)C5)c(Cl)ccc2n1. The number of rotatable bonds is 5. The number of ether oxygens (including phenoxy) is 1. The Morgan fingerprint density at radius 3 is 2.63 bits per heavy atom. The van der Waals surface area contributed by atoms with Crippen LogP contribution in [0.2, 0.25) is 5.02 Å². The van der Waals surface area contributed by atoms with E-state index < -0.39 is 5.97 Å². The normalized spacial score (nSPS) is 29.7. The van der Waals surface area contributed by atoms with E-state index in [1.54, 1.807) is 23.5 Å². The topological polar surface area (TPSA) is 72.7 Å². The van der Waals surface area contributed by atoms with Crippen molar-refractivity contribution in [1.29, 1.82) is 0 Å². The third-order valence-electron chi connectivity index (χ3n) is 7.37. The molecular formula is C23H28ClN3O3. The van der Waals surface area contributed by atoms with Crippen molar-refractivity contribution >= 4 is 29.1 Å². The van der Waals surface area contributed by atoms with Crippen molar-refractivity contribution in [3.05, 3.63) is 34.7 Å². The minimum Gasteiger partial charge on any atom is -0.461 e. The van der Waals surface area contributed by atoms with Crippen molar-refractivity contribution in [2.24, 2.45) is 29.6 Å². The first kappa shape index (κ1) is 19.9. The van der Waals surface area contributed by atoms with E-state index in [1.807, 2.05) is 0 Å². The van der Waals surface area contributed by atoms with Crippen LogP contribution in [-0.2, 0) is 4.74 Å². The van der Waals surface area contributed by atoms with E-state index in [-0.39, 0.29) is 18.2 Å². The Labute approximate surface area is 181 Å². The number of amides is 1. The maximum Gasteiger partial charge on any atom is 0.358 e. The Bertz CT molecular complexity index is 985. The van der Waals surface area contributed by atoms with Gasteiger partial charge in [-0.25, -0.2) is 9.78 Å². The van der Waals surface area contributed by atoms with E-state index in [2.05, 4.69) is 10.3 Å². The number of aromatic nitrogens is 2. The number of nitrogens with one attached hydrogen (secondary N) is 1. The first-order valence-electron chi connectivity index (χ1n) is 11.1. The Hall–Kier alpha value is -2.08. The van der Waals surface area contributed by atoms with Gasteiger partial charge in [0.15, 0.2) is 5.69 Å². The second-order valence-electron chi connectivity index (χ2n) is 9.35. The van der Waals surface area contributed by atoms with Gasteiger partial charge in [-0.15, -0.1) is 0 Å². The highest BCUT2D eigenvalue weighted by atomic mass is 35.5. The molecule has 5 unspecified atom stereocenters. The molecule has 3 saturated carbocycles. The summed E-state index contributed by atoms with van der Waals surface area (Å²) in [6.07, 6.45) is 9.57. The lowest BCUT2D eigenvalue weighted by Crippen LogP contribution is -2.32. The molecule has 0 saturated heterocycles. The lowest BCUT2D eigenvalue weighted by molar-refractivity contribution is 0.0520. The third kappa shape index (κ3) is 3.59. The van der Waals surface area contributed by atoms with Crippen LogP contribution in [0.25, 0.3) is 5.65 Å². The highest BCUT2D eigenvalue weighted by molar-refractivity contribution is 6.33. The molecule has 0 radical (unpaired) electrons. The van der Waals surface area contributed by atoms with Gasteiger partial charge in [0.05, 0.1) is 11.6 Å². The molecule has 3 bridgehead atoms. The zero-order valence-electron chi connectivity index (χ0n) is 17.3. The number of pyridine rings is 1. The summed E-state index contributed by atoms with van der Waals surface area (Å²) in [5, 5.41) is 3.46. The molecular weight excluding hydrogens is 402 g/mol. The summed E-state index contributed by atoms with van der Waals surface area (Å²) in [5.74, 6) is 3.35. The van der Waals surface area contributed by atoms with Crippen LogP contribution >= 0.6 is 11.6 Å². The first-order chi connectivity index (χ1) is 14.5. The Morgan fingerprint density at radius 2 is 1.87 bits per heavy atom. The Balaban J connectivity index is 1.32. The maximum atomic E-state index is 13.1. The van der Waals surface area contributed by atoms with Crippen molar-refractivity contribution in [2.75, 3.05) is 13.2 Å². The number of carbonyl (C=O) groups is 2. The largest absolute Gasteiger partial charge is 0.461 e. The molecule has 2 heterocycles. The van der Waals surface area contributed by atoms with Gasteiger partial charge in [0, 0.05) is 12.7 Å². The van der Waals surface area contributed by atoms with Crippen LogP contribution in [0.15, 0.2) is 18.3 Å². The van der Waals surface area contributed by atoms with Gasteiger partial charge in [0.1, 0.15) is 11.3 Å². The molecule has 6 nitrogen and oxygen atoms in total. The van der Waals surface area contributed by atoms with Gasteiger partial charge in [-0.1, -0.05) is 11.6 Å². The number of esters is 1. The zero-order valence-corrected chi connectivity index (χ0v) is 18.0. The van der Waals surface area contributed by atoms with E-state index in [0.29, 0.717) is 28.8 Å². The summed E-state index contributed by atoms with van der Waals surface area (Å²) in [6, 6.07) is 3.34. The van der Waals surface area contributed by atoms with Gasteiger partial charge in [-0.2, -0.15) is 0 Å². The van der Waals surface area contributed by atoms with Gasteiger partial charge in [0.25, 0.3) is 5.91 Å². The molecule has 1 amide bonds. The summed E-state index contributed by atoms with van der Waals surface area (Å²) in [4.78, 5) is 29.4. The van der Waals surface area contributed by atoms with Crippen LogP contribution in [0.1, 0.15) is 66.4 Å². The standard InChI is InChI=1S/C23H28ClN3O3/c1-2-30-23(29)19-12-27-20(26-19)4-3-18(24)21(27)22(28)25-11-15-6-13-5-14-8-16(7-13)17(9-14)10-15/h3-4,12-17H,2,5-11H2,1H3,(H,25,28). The fraction of sp³-hybridized carbons (Fsp3) is 0.609. The minimum absolute atomic E-state index is 0.170. The Morgan fingerprint density at radius 1 is 1.13 bits per heavy atom. The van der Waals surface area contributed by atoms with E-state index in [1.165, 1.54) is 44.7 Å². The molecule has 3 aliphatic carbocycles. The van der Waals surface area contributed by atoms with Gasteiger partial charge in [-0.3, -0.25) is 9.20 Å². The second kappa shape index (κ2) is 7.88. The molecule has 5 rings (SSSR count). The van der Waals surface area contributed by atoms with Crippen molar-refractivity contribution in [1.82, 2.24) is 14.7 Å². The quantitative estimate of drug-likeness (QED) is 0.717. The number of carbonyl (C=O) groups excluding carboxylic acids is 2. The highest BCUT2D eigenvalue weighted by Gasteiger charge is 2.44. The molecule has 0 aromatic carbocycles. The summed E-state index contributed by atoms with van der Waals surface area (Å²) in [7, 11) is 0. The number of nitrogens with zero attached hydrogens (tertiary/aromatic N) is 2. The molecule has 3 fully saturated rings. The molecule has 30 heavy (non-hydrogen) atoms. The van der Waals surface area contributed by atoms with Crippen molar-refractivity contribution in [3.63, 3.8) is 0 Å². The van der Waals surface area contributed by atoms with E-state index in [0.717, 1.165) is 23.7 Å². The Kier molecular flexibility index (Phi) is 5.21. The van der Waals surface area contributed by atoms with Crippen molar-refractivity contribution < 1.29 is 14.3 Å². The summed E-state index contributed by atoms with van der Waals surface area (Å²) < 4.78 is 6.61. The average molecular weight is 430 g/mol. The summed E-state index contributed by atoms with van der Waals surface area (Å²) >= 11 is 6.37. The number of hydrogen-bond acceptors (Lipinski definition) is 4. The highest BCUT2D eigenvalue weighted by Crippen LogP contribution is 2.54. The number of halogens is 1. The van der Waals surface area contributed by atoms with Gasteiger partial charge in [0.2, 0.25) is 0 Å². The zero-order chi connectivity index (χ0) is 20.8. The molecule has 160 valence electrons. The second-order valence-corrected chi connectivity index (χ2v) is 9.75. The minimum atomic E-state index is -0.507. The average Bonchev–Trinajstić information content (AvgIpc) is 3.22. The van der Waals surface area contributed by atoms with Crippen LogP contribution in [0.5, 0.6) is 0 Å². The van der Waals surface area contributed by atoms with Gasteiger partial charge >= 0.3 is 5.97 Å². The van der Waals surface area contributed by atoms with Crippen molar-refractivity contribution in [2.45, 2.75) is 45.4 Å². The molecule has 1 N–H and O–H groups in total. The molecule has 3 aliphatic rings. The summed E-state index contributed by atoms with van der Waals surface area (Å²) in [5.41, 5.74) is 0.980. The smallest absolute Gasteiger partial charge is 0.358 e. The predicted octanol–water partition coefficient (Wildman–Crippen LogP) is 4.36.